The van der Waals surface area contributed by atoms with E-state index < -0.39 is 53.1 Å². The summed E-state index contributed by atoms with van der Waals surface area (Å²) in [6.07, 6.45) is -3.33. The number of amides is 1. The molecular formula is C33H36ClFN2O8. The van der Waals surface area contributed by atoms with Crippen molar-refractivity contribution in [3.63, 3.8) is 0 Å². The summed E-state index contributed by atoms with van der Waals surface area (Å²) < 4.78 is 32.8. The summed E-state index contributed by atoms with van der Waals surface area (Å²) in [6, 6.07) is 12.5. The number of benzene rings is 3. The van der Waals surface area contributed by atoms with E-state index in [0.29, 0.717) is 38.9 Å². The van der Waals surface area contributed by atoms with Crippen molar-refractivity contribution in [2.45, 2.75) is 45.3 Å². The second kappa shape index (κ2) is 13.8. The van der Waals surface area contributed by atoms with Gasteiger partial charge in [0.1, 0.15) is 18.0 Å². The third-order valence-corrected chi connectivity index (χ3v) is 7.91. The van der Waals surface area contributed by atoms with Gasteiger partial charge in [0.2, 0.25) is 0 Å². The first-order valence-electron chi connectivity index (χ1n) is 14.2. The molecule has 0 spiro atoms. The third-order valence-electron chi connectivity index (χ3n) is 7.68. The van der Waals surface area contributed by atoms with Crippen LogP contribution in [-0.2, 0) is 20.7 Å². The number of nitrogens with zero attached hydrogens (tertiary/aromatic N) is 1. The number of nitrogens with two attached hydrogens (primary N) is 1. The molecule has 1 heterocycles. The predicted molar refractivity (Wildman–Crippen MR) is 167 cm³/mol. The predicted octanol–water partition coefficient (Wildman–Crippen LogP) is 5.21. The number of fused-ring (bicyclic) bond motifs is 1. The molecule has 1 aliphatic rings. The van der Waals surface area contributed by atoms with E-state index in [2.05, 4.69) is 0 Å². The average Bonchev–Trinajstić information content (AvgIpc) is 3.10. The highest BCUT2D eigenvalue weighted by Gasteiger charge is 2.41. The fourth-order valence-corrected chi connectivity index (χ4v) is 5.54. The molecule has 0 unspecified atom stereocenters. The molecule has 12 heteroatoms. The molecule has 3 aromatic rings. The van der Waals surface area contributed by atoms with E-state index in [4.69, 9.17) is 36.7 Å². The summed E-state index contributed by atoms with van der Waals surface area (Å²) in [4.78, 5) is 40.6. The number of carbonyl (C=O) groups is 3. The lowest BCUT2D eigenvalue weighted by Gasteiger charge is -2.32. The highest BCUT2D eigenvalue weighted by molar-refractivity contribution is 6.30. The van der Waals surface area contributed by atoms with Crippen molar-refractivity contribution in [3.8, 4) is 11.5 Å². The molecule has 240 valence electrons. The number of aliphatic hydroxyl groups is 1. The maximum Gasteiger partial charge on any atom is 0.303 e. The molecule has 4 rings (SSSR count). The number of hydrogen-bond acceptors (Lipinski definition) is 8. The number of carbonyl (C=O) groups excluding carboxylic acids is 2. The topological polar surface area (TPSA) is 149 Å². The number of para-hydroxylation sites is 1. The van der Waals surface area contributed by atoms with Gasteiger partial charge in [0.25, 0.3) is 5.91 Å². The van der Waals surface area contributed by atoms with Gasteiger partial charge in [-0.2, -0.15) is 0 Å². The second-order valence-corrected chi connectivity index (χ2v) is 12.0. The number of methoxy groups -OCH3 is 2. The van der Waals surface area contributed by atoms with Gasteiger partial charge in [0.15, 0.2) is 17.3 Å². The molecule has 45 heavy (non-hydrogen) atoms. The van der Waals surface area contributed by atoms with Crippen LogP contribution in [0.15, 0.2) is 48.5 Å². The summed E-state index contributed by atoms with van der Waals surface area (Å²) in [5.41, 5.74) is 6.49. The quantitative estimate of drug-likeness (QED) is 0.179. The molecule has 0 saturated heterocycles. The van der Waals surface area contributed by atoms with Crippen LogP contribution in [0.2, 0.25) is 5.02 Å². The summed E-state index contributed by atoms with van der Waals surface area (Å²) in [5.74, 6) is -2.65. The minimum atomic E-state index is -1.44. The van der Waals surface area contributed by atoms with Gasteiger partial charge in [-0.1, -0.05) is 43.6 Å². The van der Waals surface area contributed by atoms with Crippen molar-refractivity contribution < 1.29 is 43.2 Å². The zero-order valence-corrected chi connectivity index (χ0v) is 26.2. The zero-order valence-electron chi connectivity index (χ0n) is 25.4. The maximum atomic E-state index is 15.1. The monoisotopic (exact) mass is 642 g/mol. The van der Waals surface area contributed by atoms with Crippen LogP contribution >= 0.6 is 11.6 Å². The van der Waals surface area contributed by atoms with Crippen LogP contribution in [0, 0.1) is 11.2 Å². The molecule has 4 N–H and O–H groups in total. The Hall–Kier alpha value is -4.19. The number of carboxylic acids is 1. The Kier molecular flexibility index (Phi) is 10.4. The van der Waals surface area contributed by atoms with E-state index in [1.807, 2.05) is 0 Å². The van der Waals surface area contributed by atoms with Crippen LogP contribution in [0.25, 0.3) is 0 Å². The molecule has 0 bridgehead atoms. The molecule has 2 atom stereocenters. The van der Waals surface area contributed by atoms with Gasteiger partial charge in [-0.25, -0.2) is 4.39 Å². The number of ketones is 1. The second-order valence-electron chi connectivity index (χ2n) is 11.6. The summed E-state index contributed by atoms with van der Waals surface area (Å²) in [5, 5.41) is 19.5. The van der Waals surface area contributed by atoms with Crippen LogP contribution in [0.4, 0.5) is 15.8 Å². The smallest absolute Gasteiger partial charge is 0.303 e. The maximum absolute atomic E-state index is 15.1. The minimum Gasteiger partial charge on any atom is -0.493 e. The van der Waals surface area contributed by atoms with Crippen LogP contribution in [0.1, 0.15) is 59.8 Å². The lowest BCUT2D eigenvalue weighted by molar-refractivity contribution is -0.137. The number of aliphatic carboxylic acids is 1. The average molecular weight is 643 g/mol. The molecule has 0 aromatic heterocycles. The van der Waals surface area contributed by atoms with Gasteiger partial charge in [-0.15, -0.1) is 0 Å². The number of hydrogen-bond donors (Lipinski definition) is 3. The lowest BCUT2D eigenvalue weighted by Crippen LogP contribution is -2.45. The Labute approximate surface area is 265 Å². The van der Waals surface area contributed by atoms with E-state index >= 15 is 4.39 Å². The van der Waals surface area contributed by atoms with E-state index in [1.165, 1.54) is 25.2 Å². The lowest BCUT2D eigenvalue weighted by atomic mass is 9.92. The molecule has 0 fully saturated rings. The van der Waals surface area contributed by atoms with Crippen molar-refractivity contribution in [3.05, 3.63) is 81.6 Å². The summed E-state index contributed by atoms with van der Waals surface area (Å²) in [7, 11) is 2.94. The SMILES string of the molecule is COc1cccc([C@H]2O[C@H](CC(=O)c3c(F)ccc(CCC(=O)O)c3N)C(=O)N(CC(C)(C)CO)c3ccc(Cl)cc32)c1OC. The van der Waals surface area contributed by atoms with Crippen LogP contribution in [0.3, 0.4) is 0 Å². The summed E-state index contributed by atoms with van der Waals surface area (Å²) >= 11 is 6.45. The minimum absolute atomic E-state index is 0.0155. The van der Waals surface area contributed by atoms with Crippen molar-refractivity contribution >= 4 is 40.6 Å². The number of halogens is 2. The first-order valence-corrected chi connectivity index (χ1v) is 14.6. The number of nitrogen functional groups attached to an aromatic ring is 1. The normalized spacial score (nSPS) is 16.6. The summed E-state index contributed by atoms with van der Waals surface area (Å²) in [6.45, 7) is 3.36. The van der Waals surface area contributed by atoms with Crippen molar-refractivity contribution in [1.82, 2.24) is 0 Å². The number of anilines is 2. The van der Waals surface area contributed by atoms with Gasteiger partial charge in [0, 0.05) is 58.9 Å². The van der Waals surface area contributed by atoms with Gasteiger partial charge in [0.05, 0.1) is 19.8 Å². The van der Waals surface area contributed by atoms with Crippen molar-refractivity contribution in [2.75, 3.05) is 38.0 Å². The largest absolute Gasteiger partial charge is 0.493 e. The van der Waals surface area contributed by atoms with E-state index in [9.17, 15) is 19.5 Å². The molecule has 10 nitrogen and oxygen atoms in total. The van der Waals surface area contributed by atoms with Gasteiger partial charge >= 0.3 is 5.97 Å². The highest BCUT2D eigenvalue weighted by Crippen LogP contribution is 2.46. The van der Waals surface area contributed by atoms with Gasteiger partial charge < -0.3 is 35.1 Å². The van der Waals surface area contributed by atoms with Gasteiger partial charge in [-0.3, -0.25) is 14.4 Å². The van der Waals surface area contributed by atoms with Crippen LogP contribution < -0.4 is 20.1 Å². The van der Waals surface area contributed by atoms with Crippen LogP contribution in [0.5, 0.6) is 11.5 Å². The number of aliphatic hydroxyl groups excluding tert-OH is 1. The molecule has 1 amide bonds. The standard InChI is InChI=1S/C33H36ClFN2O8/c1-33(2,17-38)16-37-23-12-10-19(34)14-21(23)30(20-6-5-7-25(43-3)31(20)44-4)45-26(32(37)42)15-24(39)28-22(35)11-8-18(29(28)36)9-13-27(40)41/h5-8,10-12,14,26,30,38H,9,13,15-17,36H2,1-4H3,(H,40,41)/t26-,30-/m1/s1. The number of Topliss-reactive ketones (excluding diaryl/α,β-unsaturated/α-hetero) is 1. The molecule has 1 aliphatic heterocycles. The molecule has 3 aromatic carbocycles. The number of aryl methyl sites for hydroxylation is 1. The molecular weight excluding hydrogens is 607 g/mol. The zero-order chi connectivity index (χ0) is 33.1. The Balaban J connectivity index is 1.87. The Bertz CT molecular complexity index is 1610. The molecule has 0 radical (unpaired) electrons. The number of rotatable bonds is 12. The molecule has 0 saturated carbocycles. The number of ether oxygens (including phenoxy) is 3. The molecule has 0 aliphatic carbocycles. The van der Waals surface area contributed by atoms with E-state index in [0.717, 1.165) is 6.07 Å². The Morgan fingerprint density at radius 2 is 1.84 bits per heavy atom. The first-order chi connectivity index (χ1) is 21.3. The van der Waals surface area contributed by atoms with Crippen LogP contribution in [-0.4, -0.2) is 61.3 Å². The van der Waals surface area contributed by atoms with E-state index in [-0.39, 0.29) is 31.7 Å². The Morgan fingerprint density at radius 1 is 1.11 bits per heavy atom. The fourth-order valence-electron chi connectivity index (χ4n) is 5.35. The number of carboxylic acid groups (broad SMARTS) is 1. The van der Waals surface area contributed by atoms with Crippen molar-refractivity contribution in [1.29, 1.82) is 0 Å². The Morgan fingerprint density at radius 3 is 2.49 bits per heavy atom. The van der Waals surface area contributed by atoms with Crippen molar-refractivity contribution in [2.24, 2.45) is 5.41 Å². The third kappa shape index (κ3) is 7.22. The first kappa shape index (κ1) is 33.7. The highest BCUT2D eigenvalue weighted by atomic mass is 35.5. The fraction of sp³-hybridized carbons (Fsp3) is 0.364. The van der Waals surface area contributed by atoms with E-state index in [1.54, 1.807) is 50.2 Å². The van der Waals surface area contributed by atoms with Gasteiger partial charge in [-0.05, 0) is 42.3 Å².